The van der Waals surface area contributed by atoms with Crippen LogP contribution in [0.2, 0.25) is 0 Å². The molecule has 0 saturated heterocycles. The second-order valence-corrected chi connectivity index (χ2v) is 3.07. The minimum Gasteiger partial charge on any atom is -0.396 e. The summed E-state index contributed by atoms with van der Waals surface area (Å²) in [6, 6.07) is 0. The molecule has 0 rings (SSSR count). The van der Waals surface area contributed by atoms with Gasteiger partial charge in [-0.1, -0.05) is 0 Å². The topological polar surface area (TPSA) is 40.5 Å². The van der Waals surface area contributed by atoms with E-state index in [2.05, 4.69) is 0 Å². The summed E-state index contributed by atoms with van der Waals surface area (Å²) in [5, 5.41) is 17.2. The van der Waals surface area contributed by atoms with Crippen LogP contribution in [0.15, 0.2) is 0 Å². The Bertz CT molecular complexity index is 62.9. The quantitative estimate of drug-likeness (QED) is 0.461. The summed E-state index contributed by atoms with van der Waals surface area (Å²) >= 11 is 6.81. The van der Waals surface area contributed by atoms with Gasteiger partial charge in [-0.05, 0) is 0 Å². The van der Waals surface area contributed by atoms with Gasteiger partial charge in [-0.3, -0.25) is 0 Å². The number of alkyl halides is 1. The molecule has 2 N–H and O–H groups in total. The SMILES string of the molecule is OCCSC[C@H](O)CCl. The average Bonchev–Trinajstić information content (AvgIpc) is 1.89. The zero-order chi connectivity index (χ0) is 7.11. The van der Waals surface area contributed by atoms with Crippen LogP contribution in [0.3, 0.4) is 0 Å². The van der Waals surface area contributed by atoms with Gasteiger partial charge in [0.1, 0.15) is 0 Å². The molecule has 0 spiro atoms. The number of aliphatic hydroxyl groups excluding tert-OH is 2. The van der Waals surface area contributed by atoms with Crippen molar-refractivity contribution in [3.63, 3.8) is 0 Å². The molecule has 4 heteroatoms. The molecule has 1 atom stereocenters. The van der Waals surface area contributed by atoms with Crippen LogP contribution in [-0.4, -0.2) is 40.3 Å². The third-order valence-corrected chi connectivity index (χ3v) is 2.17. The average molecular weight is 171 g/mol. The standard InChI is InChI=1S/C5H11ClO2S/c6-3-5(8)4-9-2-1-7/h5,7-8H,1-4H2/t5-/m1/s1. The van der Waals surface area contributed by atoms with Gasteiger partial charge < -0.3 is 10.2 Å². The number of aliphatic hydroxyl groups is 2. The molecular weight excluding hydrogens is 160 g/mol. The first-order valence-corrected chi connectivity index (χ1v) is 4.42. The fourth-order valence-electron chi connectivity index (χ4n) is 0.328. The fourth-order valence-corrected chi connectivity index (χ4v) is 1.25. The second-order valence-electron chi connectivity index (χ2n) is 1.61. The predicted molar refractivity (Wildman–Crippen MR) is 41.1 cm³/mol. The van der Waals surface area contributed by atoms with Gasteiger partial charge in [0.15, 0.2) is 0 Å². The smallest absolute Gasteiger partial charge is 0.0765 e. The van der Waals surface area contributed by atoms with Crippen molar-refractivity contribution in [2.24, 2.45) is 0 Å². The summed E-state index contributed by atoms with van der Waals surface area (Å²) in [6.45, 7) is 0.166. The molecule has 0 radical (unpaired) electrons. The molecule has 0 aromatic carbocycles. The van der Waals surface area contributed by atoms with Crippen molar-refractivity contribution in [2.75, 3.05) is 24.0 Å². The van der Waals surface area contributed by atoms with Crippen molar-refractivity contribution in [2.45, 2.75) is 6.10 Å². The molecule has 0 aliphatic rings. The van der Waals surface area contributed by atoms with Gasteiger partial charge in [0.05, 0.1) is 12.7 Å². The van der Waals surface area contributed by atoms with E-state index in [0.717, 1.165) is 0 Å². The van der Waals surface area contributed by atoms with Crippen LogP contribution >= 0.6 is 23.4 Å². The molecule has 0 amide bonds. The molecule has 0 saturated carbocycles. The summed E-state index contributed by atoms with van der Waals surface area (Å²) < 4.78 is 0. The van der Waals surface area contributed by atoms with Gasteiger partial charge >= 0.3 is 0 Å². The third kappa shape index (κ3) is 6.45. The van der Waals surface area contributed by atoms with Gasteiger partial charge in [-0.25, -0.2) is 0 Å². The number of rotatable bonds is 5. The van der Waals surface area contributed by atoms with Crippen molar-refractivity contribution in [1.82, 2.24) is 0 Å². The molecule has 0 heterocycles. The first-order chi connectivity index (χ1) is 4.31. The lowest BCUT2D eigenvalue weighted by atomic mass is 10.5. The summed E-state index contributed by atoms with van der Waals surface area (Å²) in [7, 11) is 0. The van der Waals surface area contributed by atoms with Crippen LogP contribution in [0.25, 0.3) is 0 Å². The van der Waals surface area contributed by atoms with Crippen LogP contribution in [0, 0.1) is 0 Å². The van der Waals surface area contributed by atoms with Crippen molar-refractivity contribution < 1.29 is 10.2 Å². The van der Waals surface area contributed by atoms with Crippen molar-refractivity contribution in [3.8, 4) is 0 Å². The highest BCUT2D eigenvalue weighted by Crippen LogP contribution is 2.02. The lowest BCUT2D eigenvalue weighted by Gasteiger charge is -2.03. The second kappa shape index (κ2) is 6.68. The van der Waals surface area contributed by atoms with E-state index in [0.29, 0.717) is 11.5 Å². The predicted octanol–water partition coefficient (Wildman–Crippen LogP) is 0.312. The maximum Gasteiger partial charge on any atom is 0.0765 e. The van der Waals surface area contributed by atoms with Gasteiger partial charge in [0, 0.05) is 17.4 Å². The maximum atomic E-state index is 8.85. The molecule has 0 aromatic heterocycles. The Labute approximate surface area is 64.2 Å². The van der Waals surface area contributed by atoms with Gasteiger partial charge in [-0.15, -0.1) is 11.6 Å². The number of hydrogen-bond donors (Lipinski definition) is 2. The number of thioether (sulfide) groups is 1. The molecule has 0 unspecified atom stereocenters. The summed E-state index contributed by atoms with van der Waals surface area (Å²) in [5.41, 5.74) is 0. The Hall–Kier alpha value is 0.560. The van der Waals surface area contributed by atoms with E-state index in [4.69, 9.17) is 21.8 Å². The maximum absolute atomic E-state index is 8.85. The monoisotopic (exact) mass is 170 g/mol. The van der Waals surface area contributed by atoms with Crippen LogP contribution in [-0.2, 0) is 0 Å². The zero-order valence-electron chi connectivity index (χ0n) is 5.09. The van der Waals surface area contributed by atoms with Crippen molar-refractivity contribution in [3.05, 3.63) is 0 Å². The van der Waals surface area contributed by atoms with Crippen LogP contribution in [0.4, 0.5) is 0 Å². The Morgan fingerprint density at radius 2 is 2.22 bits per heavy atom. The molecule has 9 heavy (non-hydrogen) atoms. The van der Waals surface area contributed by atoms with Gasteiger partial charge in [0.2, 0.25) is 0 Å². The highest BCUT2D eigenvalue weighted by molar-refractivity contribution is 7.99. The lowest BCUT2D eigenvalue weighted by Crippen LogP contribution is -2.11. The number of hydrogen-bond acceptors (Lipinski definition) is 3. The molecule has 0 fully saturated rings. The first-order valence-electron chi connectivity index (χ1n) is 2.74. The highest BCUT2D eigenvalue weighted by atomic mass is 35.5. The fraction of sp³-hybridized carbons (Fsp3) is 1.00. The van der Waals surface area contributed by atoms with E-state index in [-0.39, 0.29) is 12.5 Å². The first kappa shape index (κ1) is 9.56. The normalized spacial score (nSPS) is 13.7. The molecule has 56 valence electrons. The number of halogens is 1. The Morgan fingerprint density at radius 3 is 2.67 bits per heavy atom. The zero-order valence-corrected chi connectivity index (χ0v) is 6.66. The van der Waals surface area contributed by atoms with Crippen LogP contribution in [0.1, 0.15) is 0 Å². The molecule has 0 bridgehead atoms. The molecular formula is C5H11ClO2S. The molecule has 0 aliphatic carbocycles. The lowest BCUT2D eigenvalue weighted by molar-refractivity contribution is 0.223. The summed E-state index contributed by atoms with van der Waals surface area (Å²) in [5.74, 6) is 1.57. The van der Waals surface area contributed by atoms with Crippen LogP contribution in [0.5, 0.6) is 0 Å². The molecule has 0 aromatic rings. The molecule has 2 nitrogen and oxygen atoms in total. The Morgan fingerprint density at radius 1 is 1.56 bits per heavy atom. The Kier molecular flexibility index (Phi) is 7.09. The van der Waals surface area contributed by atoms with E-state index in [1.807, 2.05) is 0 Å². The van der Waals surface area contributed by atoms with E-state index < -0.39 is 6.10 Å². The van der Waals surface area contributed by atoms with Crippen molar-refractivity contribution in [1.29, 1.82) is 0 Å². The summed E-state index contributed by atoms with van der Waals surface area (Å²) in [6.07, 6.45) is -0.428. The van der Waals surface area contributed by atoms with Gasteiger partial charge in [-0.2, -0.15) is 11.8 Å². The molecule has 0 aliphatic heterocycles. The van der Waals surface area contributed by atoms with E-state index in [9.17, 15) is 0 Å². The van der Waals surface area contributed by atoms with E-state index in [1.54, 1.807) is 0 Å². The largest absolute Gasteiger partial charge is 0.396 e. The van der Waals surface area contributed by atoms with Gasteiger partial charge in [0.25, 0.3) is 0 Å². The van der Waals surface area contributed by atoms with E-state index in [1.165, 1.54) is 11.8 Å². The van der Waals surface area contributed by atoms with Crippen LogP contribution < -0.4 is 0 Å². The Balaban J connectivity index is 2.88. The minimum absolute atomic E-state index is 0.166. The third-order valence-electron chi connectivity index (χ3n) is 0.724. The highest BCUT2D eigenvalue weighted by Gasteiger charge is 1.99. The van der Waals surface area contributed by atoms with E-state index >= 15 is 0 Å². The summed E-state index contributed by atoms with van der Waals surface area (Å²) in [4.78, 5) is 0. The van der Waals surface area contributed by atoms with Crippen molar-refractivity contribution >= 4 is 23.4 Å². The minimum atomic E-state index is -0.428.